The van der Waals surface area contributed by atoms with Gasteiger partial charge in [-0.15, -0.1) is 0 Å². The summed E-state index contributed by atoms with van der Waals surface area (Å²) < 4.78 is 5.23. The van der Waals surface area contributed by atoms with Crippen LogP contribution >= 0.6 is 11.8 Å². The van der Waals surface area contributed by atoms with E-state index in [2.05, 4.69) is 16.0 Å². The summed E-state index contributed by atoms with van der Waals surface area (Å²) in [4.78, 5) is 91.2. The van der Waals surface area contributed by atoms with Crippen LogP contribution in [0.2, 0.25) is 0 Å². The van der Waals surface area contributed by atoms with Crippen LogP contribution in [0.5, 0.6) is 5.75 Å². The summed E-state index contributed by atoms with van der Waals surface area (Å²) >= 11 is 1.51. The van der Waals surface area contributed by atoms with Crippen LogP contribution in [0.4, 0.5) is 4.79 Å². The van der Waals surface area contributed by atoms with Crippen molar-refractivity contribution in [2.45, 2.75) is 137 Å². The van der Waals surface area contributed by atoms with E-state index in [1.165, 1.54) is 37.7 Å². The SMILES string of the molecule is CSCCC(CC(=O)C(CCC(C)=O)NC(=O)C(CC(=O)C(C)CC(C)C)Cc1ccc(O)cc1)C(=O)NC(CCCCNC(=O)OC(C)(C)C)C(C)=O. The van der Waals surface area contributed by atoms with Gasteiger partial charge in [-0.1, -0.05) is 32.9 Å². The third kappa shape index (κ3) is 20.6. The predicted octanol–water partition coefficient (Wildman–Crippen LogP) is 6.14. The van der Waals surface area contributed by atoms with Gasteiger partial charge in [0, 0.05) is 43.6 Å². The number of alkyl carbamates (subject to hydrolysis) is 1. The van der Waals surface area contributed by atoms with Crippen molar-refractivity contribution >= 4 is 52.8 Å². The van der Waals surface area contributed by atoms with Gasteiger partial charge in [-0.2, -0.15) is 11.8 Å². The van der Waals surface area contributed by atoms with E-state index < -0.39 is 53.2 Å². The number of ether oxygens (including phenoxy) is 1. The quantitative estimate of drug-likeness (QED) is 0.0797. The molecule has 0 aliphatic rings. The van der Waals surface area contributed by atoms with Gasteiger partial charge in [-0.3, -0.25) is 24.0 Å². The number of nitrogens with one attached hydrogen (secondary N) is 3. The number of carbonyl (C=O) groups is 7. The molecule has 0 aliphatic heterocycles. The van der Waals surface area contributed by atoms with Crippen LogP contribution in [-0.2, 0) is 39.9 Å². The van der Waals surface area contributed by atoms with Crippen molar-refractivity contribution in [1.82, 2.24) is 16.0 Å². The Labute approximate surface area is 326 Å². The van der Waals surface area contributed by atoms with E-state index in [1.54, 1.807) is 32.9 Å². The summed E-state index contributed by atoms with van der Waals surface area (Å²) in [6, 6.07) is 4.52. The fraction of sp³-hybridized carbons (Fsp3) is 0.683. The van der Waals surface area contributed by atoms with Crippen molar-refractivity contribution < 1.29 is 43.4 Å². The second-order valence-corrected chi connectivity index (χ2v) is 16.8. The fourth-order valence-electron chi connectivity index (χ4n) is 6.02. The van der Waals surface area contributed by atoms with Crippen LogP contribution in [-0.4, -0.2) is 82.4 Å². The van der Waals surface area contributed by atoms with E-state index in [4.69, 9.17) is 4.74 Å². The van der Waals surface area contributed by atoms with Crippen LogP contribution in [0.15, 0.2) is 24.3 Å². The van der Waals surface area contributed by atoms with Crippen LogP contribution in [0, 0.1) is 23.7 Å². The van der Waals surface area contributed by atoms with E-state index in [1.807, 2.05) is 27.0 Å². The maximum atomic E-state index is 13.9. The van der Waals surface area contributed by atoms with Gasteiger partial charge in [-0.05, 0) is 115 Å². The average molecular weight is 776 g/mol. The molecule has 5 unspecified atom stereocenters. The van der Waals surface area contributed by atoms with Gasteiger partial charge in [0.25, 0.3) is 0 Å². The number of Topliss-reactive ketones (excluding diaryl/α,β-unsaturated/α-hetero) is 4. The third-order valence-electron chi connectivity index (χ3n) is 8.99. The van der Waals surface area contributed by atoms with E-state index >= 15 is 0 Å². The summed E-state index contributed by atoms with van der Waals surface area (Å²) in [5.74, 6) is -2.77. The maximum absolute atomic E-state index is 13.9. The minimum atomic E-state index is -1.07. The Morgan fingerprint density at radius 1 is 0.796 bits per heavy atom. The van der Waals surface area contributed by atoms with Gasteiger partial charge < -0.3 is 30.6 Å². The summed E-state index contributed by atoms with van der Waals surface area (Å²) in [7, 11) is 0. The van der Waals surface area contributed by atoms with Crippen LogP contribution in [0.25, 0.3) is 0 Å². The predicted molar refractivity (Wildman–Crippen MR) is 212 cm³/mol. The number of aromatic hydroxyl groups is 1. The Morgan fingerprint density at radius 3 is 1.94 bits per heavy atom. The molecule has 1 aromatic rings. The van der Waals surface area contributed by atoms with E-state index in [-0.39, 0.29) is 67.0 Å². The molecule has 0 aliphatic carbocycles. The normalized spacial score (nSPS) is 14.3. The fourth-order valence-corrected chi connectivity index (χ4v) is 6.54. The summed E-state index contributed by atoms with van der Waals surface area (Å²) in [5.41, 5.74) is 0.113. The molecule has 12 nitrogen and oxygen atoms in total. The van der Waals surface area contributed by atoms with Gasteiger partial charge in [0.15, 0.2) is 11.6 Å². The first-order chi connectivity index (χ1) is 25.2. The number of carbonyl (C=O) groups excluding carboxylic acids is 7. The molecule has 1 rings (SSSR count). The topological polar surface area (TPSA) is 185 Å². The van der Waals surface area contributed by atoms with Crippen LogP contribution < -0.4 is 16.0 Å². The molecule has 4 N–H and O–H groups in total. The average Bonchev–Trinajstić information content (AvgIpc) is 3.06. The maximum Gasteiger partial charge on any atom is 0.407 e. The van der Waals surface area contributed by atoms with Crippen molar-refractivity contribution in [1.29, 1.82) is 0 Å². The Kier molecular flexibility index (Phi) is 22.0. The zero-order valence-electron chi connectivity index (χ0n) is 33.9. The molecular weight excluding hydrogens is 711 g/mol. The molecule has 0 fully saturated rings. The van der Waals surface area contributed by atoms with Crippen LogP contribution in [0.1, 0.15) is 119 Å². The first-order valence-electron chi connectivity index (χ1n) is 19.1. The van der Waals surface area contributed by atoms with Gasteiger partial charge in [0.2, 0.25) is 11.8 Å². The highest BCUT2D eigenvalue weighted by molar-refractivity contribution is 7.98. The highest BCUT2D eigenvalue weighted by atomic mass is 32.2. The molecule has 0 aromatic heterocycles. The number of amides is 3. The number of unbranched alkanes of at least 4 members (excludes halogenated alkanes) is 1. The zero-order valence-corrected chi connectivity index (χ0v) is 34.7. The lowest BCUT2D eigenvalue weighted by molar-refractivity contribution is -0.135. The minimum Gasteiger partial charge on any atom is -0.508 e. The van der Waals surface area contributed by atoms with E-state index in [0.717, 1.165) is 5.56 Å². The lowest BCUT2D eigenvalue weighted by Gasteiger charge is -2.25. The highest BCUT2D eigenvalue weighted by Crippen LogP contribution is 2.23. The number of ketones is 4. The Hall–Kier alpha value is -3.74. The monoisotopic (exact) mass is 775 g/mol. The molecule has 1 aromatic carbocycles. The van der Waals surface area contributed by atoms with Crippen molar-refractivity contribution in [3.05, 3.63) is 29.8 Å². The number of benzene rings is 1. The molecule has 0 radical (unpaired) electrons. The Bertz CT molecular complexity index is 1390. The Morgan fingerprint density at radius 2 is 1.39 bits per heavy atom. The van der Waals surface area contributed by atoms with Crippen molar-refractivity contribution in [2.24, 2.45) is 23.7 Å². The summed E-state index contributed by atoms with van der Waals surface area (Å²) in [5, 5.41) is 18.1. The first-order valence-corrected chi connectivity index (χ1v) is 20.5. The van der Waals surface area contributed by atoms with Crippen molar-refractivity contribution in [3.63, 3.8) is 0 Å². The molecule has 54 heavy (non-hydrogen) atoms. The molecule has 0 saturated carbocycles. The zero-order chi connectivity index (χ0) is 41.0. The lowest BCUT2D eigenvalue weighted by Crippen LogP contribution is -2.47. The minimum absolute atomic E-state index is 0.0283. The van der Waals surface area contributed by atoms with Gasteiger partial charge >= 0.3 is 6.09 Å². The standard InChI is InChI=1S/C41H65N3O9S/c1-26(2)22-27(3)36(48)25-32(23-30-14-16-33(47)17-15-30)39(51)44-35(18-13-28(4)45)37(49)24-31(19-21-54-9)38(50)43-34(29(5)46)12-10-11-20-42-40(52)53-41(6,7)8/h14-17,26-27,31-32,34-35,47H,10-13,18-25H2,1-9H3,(H,42,52)(H,43,50)(H,44,51). The summed E-state index contributed by atoms with van der Waals surface area (Å²) in [6.45, 7) is 14.3. The second kappa shape index (κ2) is 24.6. The molecule has 5 atom stereocenters. The smallest absolute Gasteiger partial charge is 0.407 e. The number of phenolic OH excluding ortho intramolecular Hbond substituents is 1. The second-order valence-electron chi connectivity index (χ2n) is 15.8. The van der Waals surface area contributed by atoms with E-state index in [0.29, 0.717) is 44.4 Å². The molecule has 13 heteroatoms. The third-order valence-corrected chi connectivity index (χ3v) is 9.63. The molecule has 0 heterocycles. The lowest BCUT2D eigenvalue weighted by atomic mass is 9.86. The molecule has 0 spiro atoms. The Balaban J connectivity index is 3.14. The van der Waals surface area contributed by atoms with Gasteiger partial charge in [0.1, 0.15) is 22.9 Å². The number of hydrogen-bond acceptors (Lipinski definition) is 10. The summed E-state index contributed by atoms with van der Waals surface area (Å²) in [6.07, 6.45) is 3.81. The van der Waals surface area contributed by atoms with Crippen LogP contribution in [0.3, 0.4) is 0 Å². The molecule has 304 valence electrons. The van der Waals surface area contributed by atoms with Crippen molar-refractivity contribution in [3.8, 4) is 5.75 Å². The number of thioether (sulfide) groups is 1. The first kappa shape index (κ1) is 48.3. The largest absolute Gasteiger partial charge is 0.508 e. The molecule has 0 saturated heterocycles. The number of hydrogen-bond donors (Lipinski definition) is 4. The van der Waals surface area contributed by atoms with E-state index in [9.17, 15) is 38.7 Å². The highest BCUT2D eigenvalue weighted by Gasteiger charge is 2.32. The van der Waals surface area contributed by atoms with Gasteiger partial charge in [0.05, 0.1) is 12.1 Å². The molecule has 0 bridgehead atoms. The number of phenols is 1. The van der Waals surface area contributed by atoms with Crippen molar-refractivity contribution in [2.75, 3.05) is 18.6 Å². The van der Waals surface area contributed by atoms with Gasteiger partial charge in [-0.25, -0.2) is 4.79 Å². The molecule has 3 amide bonds. The number of rotatable bonds is 26. The molecular formula is C41H65N3O9S.